The molecule has 6 N–H and O–H groups in total. The lowest BCUT2D eigenvalue weighted by molar-refractivity contribution is -0.193. The van der Waals surface area contributed by atoms with E-state index < -0.39 is 73.5 Å². The lowest BCUT2D eigenvalue weighted by atomic mass is 9.71. The van der Waals surface area contributed by atoms with Crippen molar-refractivity contribution in [3.63, 3.8) is 0 Å². The van der Waals surface area contributed by atoms with Crippen LogP contribution in [0, 0.1) is 10.8 Å². The summed E-state index contributed by atoms with van der Waals surface area (Å²) in [5.74, 6) is 0. The van der Waals surface area contributed by atoms with Gasteiger partial charge in [0, 0.05) is 0 Å². The molecule has 0 aliphatic rings. The van der Waals surface area contributed by atoms with E-state index in [0.717, 1.165) is 22.3 Å². The Morgan fingerprint density at radius 3 is 0.911 bits per heavy atom. The number of aliphatic hydroxyl groups is 6. The van der Waals surface area contributed by atoms with Gasteiger partial charge in [-0.15, -0.1) is 0 Å². The molecule has 0 saturated heterocycles. The van der Waals surface area contributed by atoms with Crippen LogP contribution in [0.4, 0.5) is 0 Å². The number of rotatable bonds is 12. The van der Waals surface area contributed by atoms with E-state index in [4.69, 9.17) is 4.74 Å². The fourth-order valence-corrected chi connectivity index (χ4v) is 5.83. The van der Waals surface area contributed by atoms with E-state index in [0.29, 0.717) is 11.1 Å². The average molecular weight is 631 g/mol. The van der Waals surface area contributed by atoms with Gasteiger partial charge in [0.05, 0.1) is 62.7 Å². The molecule has 0 heterocycles. The van der Waals surface area contributed by atoms with E-state index in [1.54, 1.807) is 0 Å². The Hall–Kier alpha value is -1.84. The number of benzene rings is 2. The van der Waals surface area contributed by atoms with Crippen LogP contribution in [0.3, 0.4) is 0 Å². The van der Waals surface area contributed by atoms with Gasteiger partial charge in [-0.05, 0) is 55.0 Å². The molecule has 2 unspecified atom stereocenters. The van der Waals surface area contributed by atoms with Crippen molar-refractivity contribution in [3.8, 4) is 0 Å². The van der Waals surface area contributed by atoms with Crippen molar-refractivity contribution in [2.75, 3.05) is 39.6 Å². The van der Waals surface area contributed by atoms with Crippen molar-refractivity contribution in [2.24, 2.45) is 10.8 Å². The Labute approximate surface area is 272 Å². The highest BCUT2D eigenvalue weighted by atomic mass is 16.5. The standard InChI is InChI=1S/C38H62O7/c1-33(2,3)25-13-15-27(29(17-25)35(7,8)9)31(37(19-39,20-40)21-41)45-32(38(22-42,23-43)24-44)28-16-14-26(34(4,5)6)18-30(28)36(10,11)12/h13-18,31-32,39-44H,19-24H2,1-12H3. The Balaban J connectivity index is 3.11. The van der Waals surface area contributed by atoms with Gasteiger partial charge >= 0.3 is 0 Å². The summed E-state index contributed by atoms with van der Waals surface area (Å²) in [5.41, 5.74) is 1.18. The highest BCUT2D eigenvalue weighted by molar-refractivity contribution is 5.43. The minimum absolute atomic E-state index is 0.157. The Morgan fingerprint density at radius 2 is 0.711 bits per heavy atom. The predicted molar refractivity (Wildman–Crippen MR) is 182 cm³/mol. The zero-order chi connectivity index (χ0) is 34.8. The summed E-state index contributed by atoms with van der Waals surface area (Å²) in [5, 5.41) is 64.8. The summed E-state index contributed by atoms with van der Waals surface area (Å²) >= 11 is 0. The molecule has 2 aromatic rings. The smallest absolute Gasteiger partial charge is 0.0959 e. The lowest BCUT2D eigenvalue weighted by Gasteiger charge is -2.46. The van der Waals surface area contributed by atoms with Gasteiger partial charge in [-0.25, -0.2) is 0 Å². The Bertz CT molecular complexity index is 1130. The second kappa shape index (κ2) is 14.1. The number of hydrogen-bond acceptors (Lipinski definition) is 7. The van der Waals surface area contributed by atoms with Crippen LogP contribution in [-0.2, 0) is 26.4 Å². The molecule has 2 aromatic carbocycles. The van der Waals surface area contributed by atoms with Crippen LogP contribution in [0.5, 0.6) is 0 Å². The first-order chi connectivity index (χ1) is 20.5. The van der Waals surface area contributed by atoms with Crippen LogP contribution in [0.1, 0.15) is 129 Å². The summed E-state index contributed by atoms with van der Waals surface area (Å²) < 4.78 is 7.06. The third kappa shape index (κ3) is 8.36. The van der Waals surface area contributed by atoms with Crippen molar-refractivity contribution in [2.45, 2.75) is 117 Å². The van der Waals surface area contributed by atoms with Crippen molar-refractivity contribution < 1.29 is 35.4 Å². The van der Waals surface area contributed by atoms with E-state index >= 15 is 0 Å². The molecule has 0 bridgehead atoms. The summed E-state index contributed by atoms with van der Waals surface area (Å²) in [6, 6.07) is 12.1. The molecule has 0 aliphatic carbocycles. The average Bonchev–Trinajstić information content (AvgIpc) is 2.95. The lowest BCUT2D eigenvalue weighted by Crippen LogP contribution is -2.47. The largest absolute Gasteiger partial charge is 0.395 e. The first kappa shape index (κ1) is 39.3. The molecule has 0 amide bonds. The van der Waals surface area contributed by atoms with Gasteiger partial charge in [0.15, 0.2) is 0 Å². The Kier molecular flexibility index (Phi) is 12.3. The van der Waals surface area contributed by atoms with Crippen molar-refractivity contribution in [1.29, 1.82) is 0 Å². The molecule has 256 valence electrons. The summed E-state index contributed by atoms with van der Waals surface area (Å²) in [4.78, 5) is 0. The molecule has 45 heavy (non-hydrogen) atoms. The molecule has 0 radical (unpaired) electrons. The highest BCUT2D eigenvalue weighted by Crippen LogP contribution is 2.50. The fraction of sp³-hybridized carbons (Fsp3) is 0.684. The summed E-state index contributed by atoms with van der Waals surface area (Å²) in [6.45, 7) is 21.7. The highest BCUT2D eigenvalue weighted by Gasteiger charge is 2.49. The third-order valence-electron chi connectivity index (χ3n) is 9.29. The van der Waals surface area contributed by atoms with Gasteiger partial charge < -0.3 is 35.4 Å². The van der Waals surface area contributed by atoms with Gasteiger partial charge in [-0.2, -0.15) is 0 Å². The minimum atomic E-state index is -1.54. The van der Waals surface area contributed by atoms with Crippen LogP contribution in [0.2, 0.25) is 0 Å². The van der Waals surface area contributed by atoms with E-state index in [-0.39, 0.29) is 10.8 Å². The zero-order valence-corrected chi connectivity index (χ0v) is 30.0. The molecule has 7 heteroatoms. The fourth-order valence-electron chi connectivity index (χ4n) is 5.83. The van der Waals surface area contributed by atoms with Crippen LogP contribution >= 0.6 is 0 Å². The maximum atomic E-state index is 10.8. The Morgan fingerprint density at radius 1 is 0.444 bits per heavy atom. The first-order valence-electron chi connectivity index (χ1n) is 16.1. The van der Waals surface area contributed by atoms with Gasteiger partial charge in [-0.1, -0.05) is 119 Å². The normalized spacial score (nSPS) is 15.3. The summed E-state index contributed by atoms with van der Waals surface area (Å²) in [6.07, 6.45) is -2.19. The zero-order valence-electron chi connectivity index (χ0n) is 30.0. The topological polar surface area (TPSA) is 131 Å². The SMILES string of the molecule is CC(C)(C)c1ccc(C(OC(c2ccc(C(C)(C)C)cc2C(C)(C)C)C(CO)(CO)CO)C(CO)(CO)CO)c(C(C)(C)C)c1. The van der Waals surface area contributed by atoms with Crippen molar-refractivity contribution in [3.05, 3.63) is 69.8 Å². The number of aliphatic hydroxyl groups excluding tert-OH is 6. The van der Waals surface area contributed by atoms with Crippen molar-refractivity contribution in [1.82, 2.24) is 0 Å². The van der Waals surface area contributed by atoms with Crippen LogP contribution < -0.4 is 0 Å². The second-order valence-corrected chi connectivity index (χ2v) is 17.2. The minimum Gasteiger partial charge on any atom is -0.395 e. The van der Waals surface area contributed by atoms with E-state index in [2.05, 4.69) is 95.2 Å². The maximum absolute atomic E-state index is 10.8. The molecule has 0 fully saturated rings. The molecule has 0 saturated carbocycles. The number of hydrogen-bond donors (Lipinski definition) is 6. The molecule has 0 aliphatic heterocycles. The molecule has 7 nitrogen and oxygen atoms in total. The molecule has 2 atom stereocenters. The van der Waals surface area contributed by atoms with Crippen LogP contribution in [0.15, 0.2) is 36.4 Å². The van der Waals surface area contributed by atoms with Crippen LogP contribution in [-0.4, -0.2) is 70.3 Å². The van der Waals surface area contributed by atoms with E-state index in [1.165, 1.54) is 0 Å². The monoisotopic (exact) mass is 630 g/mol. The molecule has 0 spiro atoms. The second-order valence-electron chi connectivity index (χ2n) is 17.2. The maximum Gasteiger partial charge on any atom is 0.0959 e. The van der Waals surface area contributed by atoms with Crippen LogP contribution in [0.25, 0.3) is 0 Å². The van der Waals surface area contributed by atoms with Crippen molar-refractivity contribution >= 4 is 0 Å². The third-order valence-corrected chi connectivity index (χ3v) is 9.29. The van der Waals surface area contributed by atoms with Gasteiger partial charge in [0.1, 0.15) is 0 Å². The predicted octanol–water partition coefficient (Wildman–Crippen LogP) is 5.60. The number of ether oxygens (including phenoxy) is 1. The van der Waals surface area contributed by atoms with E-state index in [9.17, 15) is 30.6 Å². The molecule has 2 rings (SSSR count). The molecular weight excluding hydrogens is 568 g/mol. The van der Waals surface area contributed by atoms with Gasteiger partial charge in [0.25, 0.3) is 0 Å². The molecular formula is C38H62O7. The van der Waals surface area contributed by atoms with Gasteiger partial charge in [0.2, 0.25) is 0 Å². The van der Waals surface area contributed by atoms with E-state index in [1.807, 2.05) is 24.3 Å². The molecule has 0 aromatic heterocycles. The first-order valence-corrected chi connectivity index (χ1v) is 16.1. The summed E-state index contributed by atoms with van der Waals surface area (Å²) in [7, 11) is 0. The quantitative estimate of drug-likeness (QED) is 0.180. The van der Waals surface area contributed by atoms with Gasteiger partial charge in [-0.3, -0.25) is 0 Å².